The van der Waals surface area contributed by atoms with E-state index in [0.29, 0.717) is 5.82 Å². The second-order valence-corrected chi connectivity index (χ2v) is 2.57. The number of rotatable bonds is 3. The van der Waals surface area contributed by atoms with Crippen molar-refractivity contribution in [2.45, 2.75) is 13.0 Å². The number of aliphatic hydroxyl groups is 1. The van der Waals surface area contributed by atoms with E-state index < -0.39 is 5.95 Å². The predicted molar refractivity (Wildman–Crippen MR) is 44.4 cm³/mol. The lowest BCUT2D eigenvalue weighted by atomic mass is 10.3. The van der Waals surface area contributed by atoms with Gasteiger partial charge >= 0.3 is 0 Å². The summed E-state index contributed by atoms with van der Waals surface area (Å²) in [6, 6.07) is 4.37. The summed E-state index contributed by atoms with van der Waals surface area (Å²) >= 11 is 0. The maximum absolute atomic E-state index is 12.5. The molecule has 0 radical (unpaired) electrons. The van der Waals surface area contributed by atoms with Gasteiger partial charge in [-0.2, -0.15) is 4.39 Å². The fourth-order valence-corrected chi connectivity index (χ4v) is 0.787. The third-order valence-corrected chi connectivity index (χ3v) is 1.38. The van der Waals surface area contributed by atoms with Crippen molar-refractivity contribution in [1.29, 1.82) is 0 Å². The van der Waals surface area contributed by atoms with Gasteiger partial charge in [0.15, 0.2) is 0 Å². The Morgan fingerprint density at radius 2 is 2.42 bits per heavy atom. The lowest BCUT2D eigenvalue weighted by Crippen LogP contribution is -2.20. The lowest BCUT2D eigenvalue weighted by molar-refractivity contribution is 0.281. The number of anilines is 1. The van der Waals surface area contributed by atoms with Gasteiger partial charge in [-0.3, -0.25) is 0 Å². The molecule has 0 unspecified atom stereocenters. The maximum atomic E-state index is 12.5. The van der Waals surface area contributed by atoms with Gasteiger partial charge in [-0.15, -0.1) is 0 Å². The highest BCUT2D eigenvalue weighted by Crippen LogP contribution is 2.04. The molecule has 1 heterocycles. The molecule has 2 N–H and O–H groups in total. The van der Waals surface area contributed by atoms with E-state index >= 15 is 0 Å². The van der Waals surface area contributed by atoms with Gasteiger partial charge in [0, 0.05) is 6.04 Å². The van der Waals surface area contributed by atoms with Gasteiger partial charge in [0.05, 0.1) is 6.61 Å². The van der Waals surface area contributed by atoms with Crippen LogP contribution in [0.1, 0.15) is 6.92 Å². The number of hydrogen-bond acceptors (Lipinski definition) is 3. The third-order valence-electron chi connectivity index (χ3n) is 1.38. The number of nitrogens with one attached hydrogen (secondary N) is 1. The van der Waals surface area contributed by atoms with E-state index in [1.807, 2.05) is 0 Å². The van der Waals surface area contributed by atoms with Gasteiger partial charge in [-0.25, -0.2) is 4.98 Å². The van der Waals surface area contributed by atoms with Crippen LogP contribution in [-0.2, 0) is 0 Å². The zero-order valence-electron chi connectivity index (χ0n) is 6.79. The van der Waals surface area contributed by atoms with Gasteiger partial charge < -0.3 is 10.4 Å². The first kappa shape index (κ1) is 8.93. The van der Waals surface area contributed by atoms with Crippen LogP contribution in [0.2, 0.25) is 0 Å². The Balaban J connectivity index is 2.63. The van der Waals surface area contributed by atoms with Crippen LogP contribution in [0.25, 0.3) is 0 Å². The SMILES string of the molecule is C[C@@H](CO)Nc1cccc(F)n1. The Kier molecular flexibility index (Phi) is 2.99. The summed E-state index contributed by atoms with van der Waals surface area (Å²) < 4.78 is 12.5. The molecule has 1 aromatic rings. The van der Waals surface area contributed by atoms with E-state index in [9.17, 15) is 4.39 Å². The van der Waals surface area contributed by atoms with Crippen molar-refractivity contribution >= 4 is 5.82 Å². The van der Waals surface area contributed by atoms with Crippen molar-refractivity contribution in [2.24, 2.45) is 0 Å². The Morgan fingerprint density at radius 3 is 3.00 bits per heavy atom. The largest absolute Gasteiger partial charge is 0.394 e. The van der Waals surface area contributed by atoms with Crippen molar-refractivity contribution in [3.8, 4) is 0 Å². The van der Waals surface area contributed by atoms with E-state index in [0.717, 1.165) is 0 Å². The normalized spacial score (nSPS) is 12.6. The minimum atomic E-state index is -0.523. The van der Waals surface area contributed by atoms with E-state index in [-0.39, 0.29) is 12.6 Å². The second-order valence-electron chi connectivity index (χ2n) is 2.57. The molecule has 4 heteroatoms. The van der Waals surface area contributed by atoms with E-state index in [1.54, 1.807) is 19.1 Å². The molecular weight excluding hydrogens is 159 g/mol. The zero-order chi connectivity index (χ0) is 8.97. The molecule has 12 heavy (non-hydrogen) atoms. The number of aromatic nitrogens is 1. The molecule has 0 saturated heterocycles. The average Bonchev–Trinajstić information content (AvgIpc) is 2.04. The summed E-state index contributed by atoms with van der Waals surface area (Å²) in [6.07, 6.45) is 0. The molecule has 0 aromatic carbocycles. The highest BCUT2D eigenvalue weighted by Gasteiger charge is 2.00. The average molecular weight is 170 g/mol. The van der Waals surface area contributed by atoms with Crippen molar-refractivity contribution in [2.75, 3.05) is 11.9 Å². The lowest BCUT2D eigenvalue weighted by Gasteiger charge is -2.10. The highest BCUT2D eigenvalue weighted by atomic mass is 19.1. The van der Waals surface area contributed by atoms with Crippen LogP contribution >= 0.6 is 0 Å². The van der Waals surface area contributed by atoms with Crippen molar-refractivity contribution in [3.05, 3.63) is 24.1 Å². The van der Waals surface area contributed by atoms with E-state index in [2.05, 4.69) is 10.3 Å². The molecule has 66 valence electrons. The van der Waals surface area contributed by atoms with Crippen LogP contribution in [-0.4, -0.2) is 22.7 Å². The summed E-state index contributed by atoms with van der Waals surface area (Å²) in [7, 11) is 0. The van der Waals surface area contributed by atoms with E-state index in [4.69, 9.17) is 5.11 Å². The van der Waals surface area contributed by atoms with Gasteiger partial charge in [-0.1, -0.05) is 6.07 Å². The molecule has 1 atom stereocenters. The second kappa shape index (κ2) is 4.01. The zero-order valence-corrected chi connectivity index (χ0v) is 6.79. The quantitative estimate of drug-likeness (QED) is 0.665. The topological polar surface area (TPSA) is 45.1 Å². The highest BCUT2D eigenvalue weighted by molar-refractivity contribution is 5.34. The Morgan fingerprint density at radius 1 is 1.67 bits per heavy atom. The van der Waals surface area contributed by atoms with Gasteiger partial charge in [0.1, 0.15) is 5.82 Å². The molecule has 1 rings (SSSR count). The fourth-order valence-electron chi connectivity index (χ4n) is 0.787. The maximum Gasteiger partial charge on any atom is 0.214 e. The van der Waals surface area contributed by atoms with Crippen LogP contribution in [0.5, 0.6) is 0 Å². The molecule has 0 saturated carbocycles. The summed E-state index contributed by atoms with van der Waals surface area (Å²) in [6.45, 7) is 1.78. The molecule has 3 nitrogen and oxygen atoms in total. The number of hydrogen-bond donors (Lipinski definition) is 2. The van der Waals surface area contributed by atoms with E-state index in [1.165, 1.54) is 6.07 Å². The Bertz CT molecular complexity index is 255. The molecule has 0 aliphatic rings. The van der Waals surface area contributed by atoms with Crippen molar-refractivity contribution < 1.29 is 9.50 Å². The molecule has 0 bridgehead atoms. The molecule has 0 aliphatic heterocycles. The fraction of sp³-hybridized carbons (Fsp3) is 0.375. The standard InChI is InChI=1S/C8H11FN2O/c1-6(5-12)10-8-4-2-3-7(9)11-8/h2-4,6,12H,5H2,1H3,(H,10,11)/t6-/m0/s1. The number of halogens is 1. The van der Waals surface area contributed by atoms with Gasteiger partial charge in [0.25, 0.3) is 0 Å². The van der Waals surface area contributed by atoms with Crippen LogP contribution in [0.15, 0.2) is 18.2 Å². The van der Waals surface area contributed by atoms with Crippen LogP contribution < -0.4 is 5.32 Å². The van der Waals surface area contributed by atoms with Crippen molar-refractivity contribution in [3.63, 3.8) is 0 Å². The first-order valence-electron chi connectivity index (χ1n) is 3.72. The van der Waals surface area contributed by atoms with Crippen molar-refractivity contribution in [1.82, 2.24) is 4.98 Å². The van der Waals surface area contributed by atoms with Gasteiger partial charge in [0.2, 0.25) is 5.95 Å². The predicted octanol–water partition coefficient (Wildman–Crippen LogP) is 1.01. The monoisotopic (exact) mass is 170 g/mol. The van der Waals surface area contributed by atoms with Crippen LogP contribution in [0.4, 0.5) is 10.2 Å². The number of pyridine rings is 1. The summed E-state index contributed by atoms with van der Waals surface area (Å²) in [4.78, 5) is 3.57. The van der Waals surface area contributed by atoms with Crippen LogP contribution in [0.3, 0.4) is 0 Å². The molecule has 0 fully saturated rings. The number of aliphatic hydroxyl groups excluding tert-OH is 1. The Labute approximate surface area is 70.3 Å². The Hall–Kier alpha value is -1.16. The van der Waals surface area contributed by atoms with Gasteiger partial charge in [-0.05, 0) is 19.1 Å². The third kappa shape index (κ3) is 2.47. The molecule has 0 amide bonds. The molecule has 0 aliphatic carbocycles. The molecular formula is C8H11FN2O. The number of nitrogens with zero attached hydrogens (tertiary/aromatic N) is 1. The molecule has 1 aromatic heterocycles. The summed E-state index contributed by atoms with van der Waals surface area (Å²) in [5, 5.41) is 11.5. The van der Waals surface area contributed by atoms with Crippen LogP contribution in [0, 0.1) is 5.95 Å². The minimum absolute atomic E-state index is 0.00179. The minimum Gasteiger partial charge on any atom is -0.394 e. The summed E-state index contributed by atoms with van der Waals surface area (Å²) in [5.74, 6) is -0.0818. The molecule has 0 spiro atoms. The first-order valence-corrected chi connectivity index (χ1v) is 3.72. The first-order chi connectivity index (χ1) is 5.72. The summed E-state index contributed by atoms with van der Waals surface area (Å²) in [5.41, 5.74) is 0. The smallest absolute Gasteiger partial charge is 0.214 e.